The molecule has 0 radical (unpaired) electrons. The summed E-state index contributed by atoms with van der Waals surface area (Å²) < 4.78 is 1.20. The molecule has 1 aliphatic carbocycles. The van der Waals surface area contributed by atoms with Gasteiger partial charge in [0, 0.05) is 0 Å². The Hall–Kier alpha value is -2.18. The third-order valence-corrected chi connectivity index (χ3v) is 2.73. The number of aromatic nitrogens is 2. The van der Waals surface area contributed by atoms with E-state index < -0.39 is 21.9 Å². The number of hydrogen-bond donors (Lipinski definition) is 1. The predicted molar refractivity (Wildman–Crippen MR) is 60.0 cm³/mol. The zero-order chi connectivity index (χ0) is 12.4. The van der Waals surface area contributed by atoms with Crippen LogP contribution in [0.25, 0.3) is 0 Å². The van der Waals surface area contributed by atoms with Crippen LogP contribution in [0.5, 0.6) is 0 Å². The lowest BCUT2D eigenvalue weighted by atomic mass is 10.0. The highest BCUT2D eigenvalue weighted by Crippen LogP contribution is 2.20. The Morgan fingerprint density at radius 3 is 2.82 bits per heavy atom. The molecular weight excluding hydrogens is 226 g/mol. The monoisotopic (exact) mass is 237 g/mol. The van der Waals surface area contributed by atoms with E-state index in [0.29, 0.717) is 0 Å². The van der Waals surface area contributed by atoms with Crippen LogP contribution in [0.15, 0.2) is 27.9 Å². The Balaban J connectivity index is 2.54. The summed E-state index contributed by atoms with van der Waals surface area (Å²) in [5.74, 6) is 0. The molecule has 0 saturated carbocycles. The highest BCUT2D eigenvalue weighted by Gasteiger charge is 2.19. The van der Waals surface area contributed by atoms with E-state index in [1.807, 2.05) is 17.1 Å². The van der Waals surface area contributed by atoms with Gasteiger partial charge in [-0.3, -0.25) is 24.5 Å². The van der Waals surface area contributed by atoms with Gasteiger partial charge in [0.15, 0.2) is 0 Å². The molecular formula is C10H11N3O4. The molecule has 0 fully saturated rings. The van der Waals surface area contributed by atoms with E-state index >= 15 is 0 Å². The molecule has 1 N–H and O–H groups in total. The molecule has 0 aliphatic heterocycles. The molecule has 90 valence electrons. The number of H-pyrrole nitrogens is 1. The maximum absolute atomic E-state index is 11.6. The number of nitrogens with zero attached hydrogens (tertiary/aromatic N) is 2. The standard InChI is InChI=1S/C10H11N3O4/c14-9-8(13(16)17)6-12(10(15)11-9)7-4-2-1-3-5-7/h2,4,6-7H,1,3,5H2,(H,11,14,15). The summed E-state index contributed by atoms with van der Waals surface area (Å²) >= 11 is 0. The van der Waals surface area contributed by atoms with Crippen molar-refractivity contribution in [3.8, 4) is 0 Å². The normalized spacial score (nSPS) is 19.2. The average Bonchev–Trinajstić information content (AvgIpc) is 2.29. The highest BCUT2D eigenvalue weighted by molar-refractivity contribution is 5.21. The molecule has 0 aromatic carbocycles. The zero-order valence-electron chi connectivity index (χ0n) is 8.96. The minimum atomic E-state index is -0.962. The lowest BCUT2D eigenvalue weighted by molar-refractivity contribution is -0.386. The molecule has 1 aromatic rings. The number of rotatable bonds is 2. The van der Waals surface area contributed by atoms with Crippen molar-refractivity contribution in [1.82, 2.24) is 9.55 Å². The second kappa shape index (κ2) is 4.36. The first-order valence-corrected chi connectivity index (χ1v) is 5.26. The summed E-state index contributed by atoms with van der Waals surface area (Å²) in [5, 5.41) is 10.6. The SMILES string of the molecule is O=c1[nH]c(=O)n(C2C=CCCC2)cc1[N+](=O)[O-]. The second-order valence-corrected chi connectivity index (χ2v) is 3.86. The average molecular weight is 237 g/mol. The fourth-order valence-corrected chi connectivity index (χ4v) is 1.88. The fourth-order valence-electron chi connectivity index (χ4n) is 1.88. The Morgan fingerprint density at radius 1 is 1.47 bits per heavy atom. The van der Waals surface area contributed by atoms with Crippen molar-refractivity contribution in [2.24, 2.45) is 0 Å². The van der Waals surface area contributed by atoms with Crippen molar-refractivity contribution in [3.63, 3.8) is 0 Å². The summed E-state index contributed by atoms with van der Waals surface area (Å²) in [6, 6.07) is -0.216. The molecule has 17 heavy (non-hydrogen) atoms. The first-order valence-electron chi connectivity index (χ1n) is 5.26. The predicted octanol–water partition coefficient (Wildman–Crippen LogP) is 0.726. The number of allylic oxidation sites excluding steroid dienone is 2. The first-order chi connectivity index (χ1) is 8.09. The number of nitro groups is 1. The van der Waals surface area contributed by atoms with Gasteiger partial charge in [0.1, 0.15) is 0 Å². The number of aromatic amines is 1. The van der Waals surface area contributed by atoms with Crippen molar-refractivity contribution in [3.05, 3.63) is 49.3 Å². The highest BCUT2D eigenvalue weighted by atomic mass is 16.6. The van der Waals surface area contributed by atoms with Crippen LogP contribution in [0.4, 0.5) is 5.69 Å². The van der Waals surface area contributed by atoms with Gasteiger partial charge in [-0.15, -0.1) is 0 Å². The second-order valence-electron chi connectivity index (χ2n) is 3.86. The molecule has 1 atom stereocenters. The maximum atomic E-state index is 11.6. The van der Waals surface area contributed by atoms with Crippen molar-refractivity contribution >= 4 is 5.69 Å². The Bertz CT molecular complexity index is 584. The van der Waals surface area contributed by atoms with E-state index in [0.717, 1.165) is 25.5 Å². The summed E-state index contributed by atoms with van der Waals surface area (Å²) in [6.07, 6.45) is 7.36. The van der Waals surface area contributed by atoms with E-state index in [-0.39, 0.29) is 6.04 Å². The molecule has 7 heteroatoms. The topological polar surface area (TPSA) is 98.0 Å². The summed E-state index contributed by atoms with van der Waals surface area (Å²) in [5.41, 5.74) is -2.18. The van der Waals surface area contributed by atoms with Gasteiger partial charge in [-0.25, -0.2) is 4.79 Å². The molecule has 1 aromatic heterocycles. The number of nitrogens with one attached hydrogen (secondary N) is 1. The largest absolute Gasteiger partial charge is 0.350 e. The molecule has 0 saturated heterocycles. The van der Waals surface area contributed by atoms with E-state index in [4.69, 9.17) is 0 Å². The smallest absolute Gasteiger partial charge is 0.287 e. The quantitative estimate of drug-likeness (QED) is 0.465. The molecule has 1 unspecified atom stereocenters. The number of hydrogen-bond acceptors (Lipinski definition) is 4. The van der Waals surface area contributed by atoms with Crippen LogP contribution in [0.3, 0.4) is 0 Å². The van der Waals surface area contributed by atoms with Gasteiger partial charge < -0.3 is 0 Å². The molecule has 0 amide bonds. The lowest BCUT2D eigenvalue weighted by Crippen LogP contribution is -2.33. The van der Waals surface area contributed by atoms with Gasteiger partial charge in [0.25, 0.3) is 0 Å². The van der Waals surface area contributed by atoms with Gasteiger partial charge in [-0.2, -0.15) is 0 Å². The van der Waals surface area contributed by atoms with Crippen LogP contribution in [0, 0.1) is 10.1 Å². The zero-order valence-corrected chi connectivity index (χ0v) is 8.96. The van der Waals surface area contributed by atoms with Crippen molar-refractivity contribution in [1.29, 1.82) is 0 Å². The van der Waals surface area contributed by atoms with Gasteiger partial charge >= 0.3 is 16.9 Å². The van der Waals surface area contributed by atoms with Crippen molar-refractivity contribution in [2.75, 3.05) is 0 Å². The summed E-state index contributed by atoms with van der Waals surface area (Å²) in [6.45, 7) is 0. The van der Waals surface area contributed by atoms with Crippen LogP contribution >= 0.6 is 0 Å². The van der Waals surface area contributed by atoms with Crippen LogP contribution in [-0.2, 0) is 0 Å². The Labute approximate surface area is 95.6 Å². The van der Waals surface area contributed by atoms with Gasteiger partial charge in [0.2, 0.25) is 0 Å². The molecule has 1 aliphatic rings. The third kappa shape index (κ3) is 2.17. The molecule has 0 spiro atoms. The van der Waals surface area contributed by atoms with Crippen LogP contribution in [0.1, 0.15) is 25.3 Å². The summed E-state index contributed by atoms with van der Waals surface area (Å²) in [4.78, 5) is 34.5. The molecule has 7 nitrogen and oxygen atoms in total. The van der Waals surface area contributed by atoms with Gasteiger partial charge in [0.05, 0.1) is 17.2 Å². The van der Waals surface area contributed by atoms with E-state index in [2.05, 4.69) is 0 Å². The van der Waals surface area contributed by atoms with Crippen LogP contribution < -0.4 is 11.2 Å². The van der Waals surface area contributed by atoms with Gasteiger partial charge in [-0.1, -0.05) is 12.2 Å². The van der Waals surface area contributed by atoms with Gasteiger partial charge in [-0.05, 0) is 19.3 Å². The van der Waals surface area contributed by atoms with Crippen LogP contribution in [0.2, 0.25) is 0 Å². The maximum Gasteiger partial charge on any atom is 0.350 e. The van der Waals surface area contributed by atoms with Crippen molar-refractivity contribution in [2.45, 2.75) is 25.3 Å². The lowest BCUT2D eigenvalue weighted by Gasteiger charge is -2.18. The molecule has 2 rings (SSSR count). The minimum Gasteiger partial charge on any atom is -0.287 e. The van der Waals surface area contributed by atoms with Crippen LogP contribution in [-0.4, -0.2) is 14.5 Å². The molecule has 1 heterocycles. The van der Waals surface area contributed by atoms with E-state index in [9.17, 15) is 19.7 Å². The fraction of sp³-hybridized carbons (Fsp3) is 0.400. The Morgan fingerprint density at radius 2 is 2.24 bits per heavy atom. The third-order valence-electron chi connectivity index (χ3n) is 2.73. The first kappa shape index (κ1) is 11.3. The minimum absolute atomic E-state index is 0.216. The Kier molecular flexibility index (Phi) is 2.90. The summed E-state index contributed by atoms with van der Waals surface area (Å²) in [7, 11) is 0. The van der Waals surface area contributed by atoms with E-state index in [1.165, 1.54) is 4.57 Å². The molecule has 0 bridgehead atoms. The van der Waals surface area contributed by atoms with E-state index in [1.54, 1.807) is 0 Å². The van der Waals surface area contributed by atoms with Crippen molar-refractivity contribution < 1.29 is 4.92 Å².